The van der Waals surface area contributed by atoms with Crippen molar-refractivity contribution < 1.29 is 32.0 Å². The van der Waals surface area contributed by atoms with Crippen LogP contribution in [0.5, 0.6) is 0 Å². The molecular weight excluding hydrogens is 434 g/mol. The number of esters is 1. The molecular formula is C18H19N3O9S. The van der Waals surface area contributed by atoms with Crippen LogP contribution < -0.4 is 5.32 Å². The van der Waals surface area contributed by atoms with E-state index in [9.17, 15) is 33.4 Å². The first-order chi connectivity index (χ1) is 14.5. The van der Waals surface area contributed by atoms with Crippen molar-refractivity contribution in [1.29, 1.82) is 0 Å². The minimum absolute atomic E-state index is 0.144. The molecule has 166 valence electrons. The van der Waals surface area contributed by atoms with Crippen LogP contribution in [0.15, 0.2) is 47.4 Å². The summed E-state index contributed by atoms with van der Waals surface area (Å²) in [7, 11) is -3.23. The molecule has 31 heavy (non-hydrogen) atoms. The topological polar surface area (TPSA) is 168 Å². The molecule has 2 unspecified atom stereocenters. The summed E-state index contributed by atoms with van der Waals surface area (Å²) in [5.41, 5.74) is -0.643. The highest BCUT2D eigenvalue weighted by Gasteiger charge is 2.33. The van der Waals surface area contributed by atoms with Gasteiger partial charge in [-0.05, 0) is 32.0 Å². The number of hydrogen-bond donors (Lipinski definition) is 1. The Morgan fingerprint density at radius 1 is 1.06 bits per heavy atom. The Kier molecular flexibility index (Phi) is 7.25. The second kappa shape index (κ2) is 9.49. The van der Waals surface area contributed by atoms with E-state index in [-0.39, 0.29) is 10.6 Å². The number of benzene rings is 2. The number of methoxy groups -OCH3 is 1. The highest BCUT2D eigenvalue weighted by atomic mass is 32.2. The molecule has 2 aromatic carbocycles. The molecule has 13 heteroatoms. The number of ether oxygens (including phenoxy) is 1. The first-order valence-corrected chi connectivity index (χ1v) is 10.1. The highest BCUT2D eigenvalue weighted by molar-refractivity contribution is 7.86. The number of rotatable bonds is 9. The highest BCUT2D eigenvalue weighted by Crippen LogP contribution is 2.30. The van der Waals surface area contributed by atoms with Gasteiger partial charge >= 0.3 is 5.97 Å². The lowest BCUT2D eigenvalue weighted by molar-refractivity contribution is -0.393. The molecule has 0 aliphatic rings. The van der Waals surface area contributed by atoms with Gasteiger partial charge in [-0.3, -0.25) is 24.4 Å². The lowest BCUT2D eigenvalue weighted by Crippen LogP contribution is -2.42. The van der Waals surface area contributed by atoms with Gasteiger partial charge in [-0.15, -0.1) is 0 Å². The van der Waals surface area contributed by atoms with Gasteiger partial charge in [0.05, 0.1) is 27.9 Å². The predicted octanol–water partition coefficient (Wildman–Crippen LogP) is 2.56. The van der Waals surface area contributed by atoms with E-state index in [0.29, 0.717) is 6.07 Å². The number of carbonyl (C=O) groups excluding carboxylic acids is 1. The van der Waals surface area contributed by atoms with E-state index in [0.717, 1.165) is 24.8 Å². The van der Waals surface area contributed by atoms with Crippen molar-refractivity contribution in [3.05, 3.63) is 68.3 Å². The van der Waals surface area contributed by atoms with Crippen LogP contribution in [-0.4, -0.2) is 43.5 Å². The minimum Gasteiger partial charge on any atom is -0.467 e. The number of nitrogens with zero attached hydrogens (tertiary/aromatic N) is 2. The molecule has 0 radical (unpaired) electrons. The predicted molar refractivity (Wildman–Crippen MR) is 108 cm³/mol. The first kappa shape index (κ1) is 23.7. The Bertz CT molecular complexity index is 1100. The summed E-state index contributed by atoms with van der Waals surface area (Å²) in [6, 6.07) is 7.06. The zero-order valence-corrected chi connectivity index (χ0v) is 17.5. The van der Waals surface area contributed by atoms with Crippen LogP contribution in [0, 0.1) is 27.2 Å². The Labute approximate surface area is 177 Å². The Balaban J connectivity index is 2.36. The Hall–Kier alpha value is -3.58. The zero-order chi connectivity index (χ0) is 23.3. The molecule has 2 aromatic rings. The molecule has 0 aliphatic carbocycles. The van der Waals surface area contributed by atoms with Gasteiger partial charge in [0.15, 0.2) is 6.04 Å². The van der Waals surface area contributed by atoms with E-state index < -0.39 is 49.5 Å². The van der Waals surface area contributed by atoms with E-state index in [1.807, 2.05) is 0 Å². The third-order valence-corrected chi connectivity index (χ3v) is 5.62. The largest absolute Gasteiger partial charge is 0.467 e. The van der Waals surface area contributed by atoms with E-state index in [2.05, 4.69) is 10.1 Å². The number of aryl methyl sites for hydroxylation is 1. The van der Waals surface area contributed by atoms with Crippen molar-refractivity contribution in [3.8, 4) is 0 Å². The number of non-ortho nitro benzene ring substituents is 1. The van der Waals surface area contributed by atoms with E-state index >= 15 is 0 Å². The van der Waals surface area contributed by atoms with Crippen LogP contribution in [0.1, 0.15) is 12.5 Å². The lowest BCUT2D eigenvalue weighted by atomic mass is 10.1. The summed E-state index contributed by atoms with van der Waals surface area (Å²) in [5, 5.41) is 24.7. The molecule has 0 saturated heterocycles. The second-order valence-corrected chi connectivity index (χ2v) is 8.00. The zero-order valence-electron chi connectivity index (χ0n) is 16.7. The molecule has 0 spiro atoms. The van der Waals surface area contributed by atoms with Gasteiger partial charge in [0.2, 0.25) is 0 Å². The van der Waals surface area contributed by atoms with Crippen molar-refractivity contribution in [2.24, 2.45) is 0 Å². The SMILES string of the molecule is COC(=O)C(Nc1ccc([N+](=O)[O-])cc1[N+](=O)[O-])C(C)OS(=O)(=O)c1ccc(C)cc1. The normalized spacial score (nSPS) is 13.1. The summed E-state index contributed by atoms with van der Waals surface area (Å²) in [4.78, 5) is 32.6. The Morgan fingerprint density at radius 2 is 1.68 bits per heavy atom. The van der Waals surface area contributed by atoms with Crippen molar-refractivity contribution in [2.45, 2.75) is 30.9 Å². The molecule has 1 N–H and O–H groups in total. The van der Waals surface area contributed by atoms with Gasteiger partial charge in [0, 0.05) is 6.07 Å². The van der Waals surface area contributed by atoms with Gasteiger partial charge in [0.25, 0.3) is 21.5 Å². The maximum Gasteiger partial charge on any atom is 0.331 e. The van der Waals surface area contributed by atoms with Crippen LogP contribution in [0.3, 0.4) is 0 Å². The number of carbonyl (C=O) groups is 1. The fraction of sp³-hybridized carbons (Fsp3) is 0.278. The molecule has 0 heterocycles. The average molecular weight is 453 g/mol. The summed E-state index contributed by atoms with van der Waals surface area (Å²) in [5.74, 6) is -0.959. The molecule has 0 amide bonds. The van der Waals surface area contributed by atoms with E-state index in [1.54, 1.807) is 19.1 Å². The summed E-state index contributed by atoms with van der Waals surface area (Å²) in [6.07, 6.45) is -1.35. The quantitative estimate of drug-likeness (QED) is 0.258. The molecule has 0 aliphatic heterocycles. The van der Waals surface area contributed by atoms with Crippen molar-refractivity contribution in [3.63, 3.8) is 0 Å². The number of nitrogens with one attached hydrogen (secondary N) is 1. The number of anilines is 1. The first-order valence-electron chi connectivity index (χ1n) is 8.73. The fourth-order valence-electron chi connectivity index (χ4n) is 2.58. The fourth-order valence-corrected chi connectivity index (χ4v) is 3.68. The van der Waals surface area contributed by atoms with Crippen molar-refractivity contribution in [2.75, 3.05) is 12.4 Å². The number of hydrogen-bond acceptors (Lipinski definition) is 10. The standard InChI is InChI=1S/C18H19N3O9S/c1-11-4-7-14(8-5-11)31(27,28)30-12(2)17(18(22)29-3)19-15-9-6-13(20(23)24)10-16(15)21(25)26/h4-10,12,17,19H,1-3H3. The molecule has 0 bridgehead atoms. The number of nitro benzene ring substituents is 2. The third kappa shape index (κ3) is 5.73. The van der Waals surface area contributed by atoms with Crippen molar-refractivity contribution in [1.82, 2.24) is 0 Å². The summed E-state index contributed by atoms with van der Waals surface area (Å²) < 4.78 is 34.8. The maximum atomic E-state index is 12.5. The van der Waals surface area contributed by atoms with Gasteiger partial charge in [-0.25, -0.2) is 4.79 Å². The molecule has 0 fully saturated rings. The van der Waals surface area contributed by atoms with Crippen LogP contribution in [0.25, 0.3) is 0 Å². The molecule has 0 saturated carbocycles. The van der Waals surface area contributed by atoms with Gasteiger partial charge in [-0.1, -0.05) is 17.7 Å². The van der Waals surface area contributed by atoms with Crippen LogP contribution in [0.2, 0.25) is 0 Å². The lowest BCUT2D eigenvalue weighted by Gasteiger charge is -2.23. The summed E-state index contributed by atoms with van der Waals surface area (Å²) in [6.45, 7) is 3.03. The second-order valence-electron chi connectivity index (χ2n) is 6.43. The third-order valence-electron chi connectivity index (χ3n) is 4.21. The van der Waals surface area contributed by atoms with Gasteiger partial charge in [-0.2, -0.15) is 8.42 Å². The Morgan fingerprint density at radius 3 is 2.19 bits per heavy atom. The van der Waals surface area contributed by atoms with Crippen LogP contribution in [0.4, 0.5) is 17.1 Å². The summed E-state index contributed by atoms with van der Waals surface area (Å²) >= 11 is 0. The average Bonchev–Trinajstić information content (AvgIpc) is 2.71. The molecule has 12 nitrogen and oxygen atoms in total. The maximum absolute atomic E-state index is 12.5. The van der Waals surface area contributed by atoms with Gasteiger partial charge in [0.1, 0.15) is 11.8 Å². The van der Waals surface area contributed by atoms with Crippen molar-refractivity contribution >= 4 is 33.1 Å². The molecule has 2 rings (SSSR count). The molecule has 0 aromatic heterocycles. The van der Waals surface area contributed by atoms with Gasteiger partial charge < -0.3 is 10.1 Å². The molecule has 2 atom stereocenters. The smallest absolute Gasteiger partial charge is 0.331 e. The monoisotopic (exact) mass is 453 g/mol. The van der Waals surface area contributed by atoms with E-state index in [4.69, 9.17) is 4.18 Å². The van der Waals surface area contributed by atoms with Crippen LogP contribution >= 0.6 is 0 Å². The minimum atomic E-state index is -4.27. The number of nitro groups is 2. The van der Waals surface area contributed by atoms with E-state index in [1.165, 1.54) is 19.1 Å². The van der Waals surface area contributed by atoms with Crippen LogP contribution in [-0.2, 0) is 23.8 Å².